The lowest BCUT2D eigenvalue weighted by atomic mass is 10.1. The van der Waals surface area contributed by atoms with Crippen LogP contribution >= 0.6 is 0 Å². The normalized spacial score (nSPS) is 12.3. The van der Waals surface area contributed by atoms with Gasteiger partial charge in [0.1, 0.15) is 5.75 Å². The van der Waals surface area contributed by atoms with Gasteiger partial charge in [-0.1, -0.05) is 36.4 Å². The molecule has 1 aromatic heterocycles. The summed E-state index contributed by atoms with van der Waals surface area (Å²) in [5, 5.41) is 11.7. The molecule has 4 aromatic rings. The summed E-state index contributed by atoms with van der Waals surface area (Å²) < 4.78 is 12.5. The first-order valence-electron chi connectivity index (χ1n) is 9.63. The van der Waals surface area contributed by atoms with Gasteiger partial charge in [-0.25, -0.2) is 4.79 Å². The number of ether oxygens (including phenoxy) is 2. The molecular formula is C24H23NO4. The van der Waals surface area contributed by atoms with Crippen LogP contribution in [0, 0.1) is 0 Å². The van der Waals surface area contributed by atoms with Crippen LogP contribution in [0.15, 0.2) is 66.7 Å². The highest BCUT2D eigenvalue weighted by atomic mass is 16.5. The van der Waals surface area contributed by atoms with E-state index in [1.54, 1.807) is 26.2 Å². The summed E-state index contributed by atoms with van der Waals surface area (Å²) in [5.41, 5.74) is 4.96. The van der Waals surface area contributed by atoms with Crippen LogP contribution in [0.5, 0.6) is 5.75 Å². The van der Waals surface area contributed by atoms with E-state index in [0.717, 1.165) is 11.3 Å². The number of carboxylic acid groups (broad SMARTS) is 1. The number of nitrogens with zero attached hydrogens (tertiary/aromatic N) is 1. The molecule has 0 saturated heterocycles. The Balaban J connectivity index is 0.000000143. The number of aromatic nitrogens is 1. The first kappa shape index (κ1) is 19.0. The molecule has 0 fully saturated rings. The zero-order valence-electron chi connectivity index (χ0n) is 16.5. The highest BCUT2D eigenvalue weighted by Gasteiger charge is 2.19. The molecule has 0 saturated carbocycles. The molecule has 2 aliphatic rings. The van der Waals surface area contributed by atoms with E-state index < -0.39 is 12.1 Å². The molecule has 148 valence electrons. The molecule has 0 spiro atoms. The summed E-state index contributed by atoms with van der Waals surface area (Å²) in [6.45, 7) is 2.18. The summed E-state index contributed by atoms with van der Waals surface area (Å²) in [7, 11) is 1.59. The number of benzene rings is 3. The largest absolute Gasteiger partial charge is 0.497 e. The van der Waals surface area contributed by atoms with E-state index in [0.29, 0.717) is 13.0 Å². The third kappa shape index (κ3) is 3.57. The molecule has 0 radical (unpaired) electrons. The van der Waals surface area contributed by atoms with Gasteiger partial charge in [-0.15, -0.1) is 0 Å². The van der Waals surface area contributed by atoms with Crippen molar-refractivity contribution in [2.24, 2.45) is 0 Å². The molecule has 0 amide bonds. The Morgan fingerprint density at radius 2 is 1.72 bits per heavy atom. The zero-order valence-corrected chi connectivity index (χ0v) is 16.5. The van der Waals surface area contributed by atoms with Gasteiger partial charge in [0.05, 0.1) is 18.1 Å². The molecule has 4 bridgehead atoms. The van der Waals surface area contributed by atoms with Crippen LogP contribution in [-0.4, -0.2) is 35.5 Å². The summed E-state index contributed by atoms with van der Waals surface area (Å²) in [6.07, 6.45) is -0.411. The van der Waals surface area contributed by atoms with Crippen molar-refractivity contribution >= 4 is 27.8 Å². The summed E-state index contributed by atoms with van der Waals surface area (Å²) >= 11 is 0. The van der Waals surface area contributed by atoms with Crippen LogP contribution in [0.25, 0.3) is 27.5 Å². The maximum Gasteiger partial charge on any atom is 0.333 e. The first-order chi connectivity index (χ1) is 14.1. The molecule has 0 aliphatic carbocycles. The van der Waals surface area contributed by atoms with Crippen LogP contribution in [0.2, 0.25) is 0 Å². The van der Waals surface area contributed by atoms with Crippen molar-refractivity contribution in [3.8, 4) is 11.4 Å². The van der Waals surface area contributed by atoms with E-state index in [1.807, 2.05) is 12.1 Å². The van der Waals surface area contributed by atoms with Gasteiger partial charge in [0.25, 0.3) is 0 Å². The zero-order chi connectivity index (χ0) is 20.4. The number of para-hydroxylation sites is 1. The maximum absolute atomic E-state index is 10.9. The van der Waals surface area contributed by atoms with Crippen molar-refractivity contribution in [3.05, 3.63) is 72.3 Å². The summed E-state index contributed by atoms with van der Waals surface area (Å²) in [6, 6.07) is 22.5. The second-order valence-electron chi connectivity index (χ2n) is 6.89. The van der Waals surface area contributed by atoms with Crippen molar-refractivity contribution < 1.29 is 19.4 Å². The second kappa shape index (κ2) is 7.97. The number of pyridine rings is 1. The number of aliphatic carboxylic acids is 1. The summed E-state index contributed by atoms with van der Waals surface area (Å²) in [5.74, 6) is -0.176. The molecule has 5 heteroatoms. The topological polar surface area (TPSA) is 60.7 Å². The standard InChI is InChI=1S/C12H7N.C12H16O4/c1-2-4-11-9(3-1)10-6-5-8-7-12(10)13(8)11;1-3-16-11(12(13)14)8-9-4-6-10(15-2)7-5-9/h1-7H;4-7,11H,3,8H2,1-2H3,(H,13,14). The lowest BCUT2D eigenvalue weighted by molar-refractivity contribution is -0.149. The molecule has 29 heavy (non-hydrogen) atoms. The predicted molar refractivity (Wildman–Crippen MR) is 114 cm³/mol. The van der Waals surface area contributed by atoms with Gasteiger partial charge >= 0.3 is 5.97 Å². The number of carbonyl (C=O) groups is 1. The maximum atomic E-state index is 10.9. The highest BCUT2D eigenvalue weighted by Crippen LogP contribution is 2.38. The highest BCUT2D eigenvalue weighted by molar-refractivity contribution is 6.12. The third-order valence-electron chi connectivity index (χ3n) is 5.14. The van der Waals surface area contributed by atoms with Gasteiger partial charge in [0, 0.05) is 29.5 Å². The third-order valence-corrected chi connectivity index (χ3v) is 5.14. The van der Waals surface area contributed by atoms with Crippen LogP contribution in [0.3, 0.4) is 0 Å². The van der Waals surface area contributed by atoms with Crippen LogP contribution in [0.1, 0.15) is 12.5 Å². The van der Waals surface area contributed by atoms with E-state index in [4.69, 9.17) is 14.6 Å². The molecule has 1 N–H and O–H groups in total. The van der Waals surface area contributed by atoms with Crippen molar-refractivity contribution in [1.29, 1.82) is 0 Å². The minimum atomic E-state index is -0.933. The smallest absolute Gasteiger partial charge is 0.333 e. The van der Waals surface area contributed by atoms with Gasteiger partial charge < -0.3 is 19.1 Å². The molecule has 5 nitrogen and oxygen atoms in total. The van der Waals surface area contributed by atoms with E-state index in [2.05, 4.69) is 47.0 Å². The molecule has 1 atom stereocenters. The van der Waals surface area contributed by atoms with Gasteiger partial charge in [-0.2, -0.15) is 0 Å². The molecule has 2 aliphatic heterocycles. The molecule has 1 unspecified atom stereocenters. The molecule has 6 rings (SSSR count). The van der Waals surface area contributed by atoms with Crippen LogP contribution < -0.4 is 4.74 Å². The number of hydrogen-bond donors (Lipinski definition) is 1. The van der Waals surface area contributed by atoms with Gasteiger partial charge in [-0.3, -0.25) is 0 Å². The number of methoxy groups -OCH3 is 1. The van der Waals surface area contributed by atoms with E-state index >= 15 is 0 Å². The number of rotatable bonds is 6. The Labute approximate surface area is 169 Å². The van der Waals surface area contributed by atoms with Crippen molar-refractivity contribution in [2.45, 2.75) is 19.4 Å². The fraction of sp³-hybridized carbons (Fsp3) is 0.208. The lowest BCUT2D eigenvalue weighted by Gasteiger charge is -2.15. The average Bonchev–Trinajstić information content (AvgIpc) is 2.90. The fourth-order valence-corrected chi connectivity index (χ4v) is 3.70. The quantitative estimate of drug-likeness (QED) is 0.452. The minimum absolute atomic E-state index is 0.368. The van der Waals surface area contributed by atoms with Crippen LogP contribution in [-0.2, 0) is 16.0 Å². The SMILES string of the molecule is CCOC(Cc1ccc(OC)cc1)C(=O)O.c1ccc2c(c1)c1ccc3cc1n2-3. The Hall–Kier alpha value is -3.31. The Morgan fingerprint density at radius 1 is 1.00 bits per heavy atom. The Bertz CT molecular complexity index is 1160. The number of carboxylic acids is 1. The van der Waals surface area contributed by atoms with Crippen molar-refractivity contribution in [3.63, 3.8) is 0 Å². The van der Waals surface area contributed by atoms with E-state index in [9.17, 15) is 4.79 Å². The molecule has 3 heterocycles. The number of fused-ring (bicyclic) bond motifs is 2. The van der Waals surface area contributed by atoms with Gasteiger partial charge in [-0.05, 0) is 42.8 Å². The monoisotopic (exact) mass is 389 g/mol. The minimum Gasteiger partial charge on any atom is -0.497 e. The van der Waals surface area contributed by atoms with Crippen molar-refractivity contribution in [2.75, 3.05) is 13.7 Å². The first-order valence-corrected chi connectivity index (χ1v) is 9.63. The molecule has 3 aromatic carbocycles. The Kier molecular flexibility index (Phi) is 5.23. The number of hydrogen-bond acceptors (Lipinski definition) is 3. The van der Waals surface area contributed by atoms with E-state index in [1.165, 1.54) is 27.5 Å². The van der Waals surface area contributed by atoms with Gasteiger partial charge in [0.15, 0.2) is 6.10 Å². The van der Waals surface area contributed by atoms with Crippen molar-refractivity contribution in [1.82, 2.24) is 4.57 Å². The van der Waals surface area contributed by atoms with E-state index in [-0.39, 0.29) is 0 Å². The lowest BCUT2D eigenvalue weighted by Crippen LogP contribution is -2.26. The summed E-state index contributed by atoms with van der Waals surface area (Å²) in [4.78, 5) is 10.9. The fourth-order valence-electron chi connectivity index (χ4n) is 3.70. The Morgan fingerprint density at radius 3 is 2.38 bits per heavy atom. The second-order valence-corrected chi connectivity index (χ2v) is 6.89. The predicted octanol–water partition coefficient (Wildman–Crippen LogP) is 4.82. The van der Waals surface area contributed by atoms with Gasteiger partial charge in [0.2, 0.25) is 0 Å². The average molecular weight is 389 g/mol. The molecular weight excluding hydrogens is 366 g/mol. The van der Waals surface area contributed by atoms with Crippen LogP contribution in [0.4, 0.5) is 0 Å².